The van der Waals surface area contributed by atoms with E-state index in [4.69, 9.17) is 4.74 Å². The van der Waals surface area contributed by atoms with Crippen molar-refractivity contribution in [2.24, 2.45) is 0 Å². The van der Waals surface area contributed by atoms with Crippen molar-refractivity contribution in [2.75, 3.05) is 25.5 Å². The van der Waals surface area contributed by atoms with Crippen molar-refractivity contribution in [1.29, 1.82) is 0 Å². The summed E-state index contributed by atoms with van der Waals surface area (Å²) in [6.45, 7) is 2.10. The molecule has 0 heterocycles. The lowest BCUT2D eigenvalue weighted by Gasteiger charge is -2.21. The SMILES string of the molecule is COc1ccc(NC(=O)CCN(CCc2ccccc2F)C(C)=O)cc1. The Hall–Kier alpha value is -2.89. The quantitative estimate of drug-likeness (QED) is 0.788. The number of rotatable bonds is 8. The van der Waals surface area contributed by atoms with Crippen molar-refractivity contribution in [1.82, 2.24) is 4.90 Å². The molecule has 0 spiro atoms. The first kappa shape index (κ1) is 19.4. The number of nitrogens with one attached hydrogen (secondary N) is 1. The summed E-state index contributed by atoms with van der Waals surface area (Å²) in [6.07, 6.45) is 0.579. The molecular weight excluding hydrogens is 335 g/mol. The summed E-state index contributed by atoms with van der Waals surface area (Å²) in [5.41, 5.74) is 1.22. The second-order valence-corrected chi connectivity index (χ2v) is 5.87. The number of carbonyl (C=O) groups excluding carboxylic acids is 2. The third-order valence-electron chi connectivity index (χ3n) is 4.04. The van der Waals surface area contributed by atoms with Gasteiger partial charge in [0.05, 0.1) is 7.11 Å². The molecule has 0 aromatic heterocycles. The number of methoxy groups -OCH3 is 1. The summed E-state index contributed by atoms with van der Waals surface area (Å²) in [6, 6.07) is 13.5. The van der Waals surface area contributed by atoms with E-state index in [-0.39, 0.29) is 30.6 Å². The molecule has 2 rings (SSSR count). The fraction of sp³-hybridized carbons (Fsp3) is 0.300. The lowest BCUT2D eigenvalue weighted by Crippen LogP contribution is -2.33. The van der Waals surface area contributed by atoms with Gasteiger partial charge >= 0.3 is 0 Å². The Morgan fingerprint density at radius 3 is 2.38 bits per heavy atom. The number of benzene rings is 2. The van der Waals surface area contributed by atoms with Crippen LogP contribution < -0.4 is 10.1 Å². The molecule has 5 nitrogen and oxygen atoms in total. The molecule has 0 bridgehead atoms. The molecule has 0 radical (unpaired) electrons. The molecule has 0 saturated carbocycles. The fourth-order valence-corrected chi connectivity index (χ4v) is 2.52. The first-order chi connectivity index (χ1) is 12.5. The maximum atomic E-state index is 13.7. The molecular formula is C20H23FN2O3. The number of halogens is 1. The molecule has 2 aromatic rings. The molecule has 26 heavy (non-hydrogen) atoms. The highest BCUT2D eigenvalue weighted by molar-refractivity contribution is 5.91. The van der Waals surface area contributed by atoms with Gasteiger partial charge in [-0.2, -0.15) is 0 Å². The van der Waals surface area contributed by atoms with E-state index in [1.807, 2.05) is 0 Å². The molecule has 0 saturated heterocycles. The minimum atomic E-state index is -0.284. The summed E-state index contributed by atoms with van der Waals surface area (Å²) < 4.78 is 18.7. The van der Waals surface area contributed by atoms with Gasteiger partial charge in [-0.3, -0.25) is 9.59 Å². The number of anilines is 1. The molecule has 2 aromatic carbocycles. The Bertz CT molecular complexity index is 747. The minimum absolute atomic E-state index is 0.140. The zero-order chi connectivity index (χ0) is 18.9. The Kier molecular flexibility index (Phi) is 7.14. The van der Waals surface area contributed by atoms with E-state index in [1.54, 1.807) is 54.5 Å². The molecule has 2 amide bonds. The summed E-state index contributed by atoms with van der Waals surface area (Å²) in [5, 5.41) is 2.78. The van der Waals surface area contributed by atoms with Gasteiger partial charge in [0.2, 0.25) is 11.8 Å². The average Bonchev–Trinajstić information content (AvgIpc) is 2.63. The van der Waals surface area contributed by atoms with Gasteiger partial charge in [-0.1, -0.05) is 18.2 Å². The van der Waals surface area contributed by atoms with Crippen molar-refractivity contribution in [2.45, 2.75) is 19.8 Å². The lowest BCUT2D eigenvalue weighted by molar-refractivity contribution is -0.129. The van der Waals surface area contributed by atoms with Gasteiger partial charge in [0.1, 0.15) is 11.6 Å². The van der Waals surface area contributed by atoms with Crippen molar-refractivity contribution in [3.8, 4) is 5.75 Å². The minimum Gasteiger partial charge on any atom is -0.497 e. The van der Waals surface area contributed by atoms with Crippen LogP contribution in [0, 0.1) is 5.82 Å². The molecule has 0 aliphatic heterocycles. The van der Waals surface area contributed by atoms with Crippen LogP contribution in [0.15, 0.2) is 48.5 Å². The first-order valence-corrected chi connectivity index (χ1v) is 8.42. The molecule has 0 fully saturated rings. The van der Waals surface area contributed by atoms with Crippen LogP contribution in [0.25, 0.3) is 0 Å². The molecule has 0 unspecified atom stereocenters. The number of ether oxygens (including phenoxy) is 1. The van der Waals surface area contributed by atoms with Crippen molar-refractivity contribution in [3.05, 3.63) is 59.9 Å². The van der Waals surface area contributed by atoms with E-state index in [1.165, 1.54) is 13.0 Å². The zero-order valence-electron chi connectivity index (χ0n) is 15.0. The monoisotopic (exact) mass is 358 g/mol. The first-order valence-electron chi connectivity index (χ1n) is 8.42. The molecule has 6 heteroatoms. The predicted molar refractivity (Wildman–Crippen MR) is 98.6 cm³/mol. The van der Waals surface area contributed by atoms with E-state index in [9.17, 15) is 14.0 Å². The number of hydrogen-bond acceptors (Lipinski definition) is 3. The fourth-order valence-electron chi connectivity index (χ4n) is 2.52. The zero-order valence-corrected chi connectivity index (χ0v) is 15.0. The van der Waals surface area contributed by atoms with Gasteiger partial charge in [0, 0.05) is 32.1 Å². The largest absolute Gasteiger partial charge is 0.497 e. The van der Waals surface area contributed by atoms with Crippen molar-refractivity contribution < 1.29 is 18.7 Å². The number of amides is 2. The van der Waals surface area contributed by atoms with Crippen LogP contribution in [0.5, 0.6) is 5.75 Å². The highest BCUT2D eigenvalue weighted by atomic mass is 19.1. The van der Waals surface area contributed by atoms with E-state index in [0.29, 0.717) is 30.0 Å². The standard InChI is InChI=1S/C20H23FN2O3/c1-15(24)23(13-11-16-5-3-4-6-19(16)21)14-12-20(25)22-17-7-9-18(26-2)10-8-17/h3-10H,11-14H2,1-2H3,(H,22,25). The van der Waals surface area contributed by atoms with Crippen LogP contribution in [0.1, 0.15) is 18.9 Å². The number of nitrogens with zero attached hydrogens (tertiary/aromatic N) is 1. The molecule has 1 N–H and O–H groups in total. The Balaban J connectivity index is 1.84. The van der Waals surface area contributed by atoms with E-state index in [0.717, 1.165) is 0 Å². The van der Waals surface area contributed by atoms with E-state index >= 15 is 0 Å². The second-order valence-electron chi connectivity index (χ2n) is 5.87. The van der Waals surface area contributed by atoms with Crippen molar-refractivity contribution in [3.63, 3.8) is 0 Å². The predicted octanol–water partition coefficient (Wildman–Crippen LogP) is 3.25. The van der Waals surface area contributed by atoms with Crippen LogP contribution in [0.4, 0.5) is 10.1 Å². The summed E-state index contributed by atoms with van der Waals surface area (Å²) in [5.74, 6) is 0.0954. The van der Waals surface area contributed by atoms with Gasteiger partial charge in [-0.05, 0) is 42.3 Å². The lowest BCUT2D eigenvalue weighted by atomic mass is 10.1. The number of hydrogen-bond donors (Lipinski definition) is 1. The van der Waals surface area contributed by atoms with Crippen LogP contribution in [-0.4, -0.2) is 36.9 Å². The molecule has 138 valence electrons. The summed E-state index contributed by atoms with van der Waals surface area (Å²) in [4.78, 5) is 25.4. The highest BCUT2D eigenvalue weighted by Crippen LogP contribution is 2.15. The molecule has 0 aliphatic carbocycles. The third kappa shape index (κ3) is 5.88. The van der Waals surface area contributed by atoms with Gasteiger partial charge in [0.15, 0.2) is 0 Å². The number of carbonyl (C=O) groups is 2. The normalized spacial score (nSPS) is 10.3. The summed E-state index contributed by atoms with van der Waals surface area (Å²) >= 11 is 0. The molecule has 0 atom stereocenters. The smallest absolute Gasteiger partial charge is 0.226 e. The van der Waals surface area contributed by atoms with Gasteiger partial charge in [-0.15, -0.1) is 0 Å². The Labute approximate surface area is 152 Å². The summed E-state index contributed by atoms with van der Waals surface area (Å²) in [7, 11) is 1.57. The van der Waals surface area contributed by atoms with E-state index < -0.39 is 0 Å². The van der Waals surface area contributed by atoms with Crippen LogP contribution in [0.2, 0.25) is 0 Å². The maximum absolute atomic E-state index is 13.7. The highest BCUT2D eigenvalue weighted by Gasteiger charge is 2.12. The van der Waals surface area contributed by atoms with Gasteiger partial charge < -0.3 is 15.0 Å². The molecule has 0 aliphatic rings. The van der Waals surface area contributed by atoms with Crippen molar-refractivity contribution >= 4 is 17.5 Å². The van der Waals surface area contributed by atoms with Crippen LogP contribution >= 0.6 is 0 Å². The van der Waals surface area contributed by atoms with E-state index in [2.05, 4.69) is 5.32 Å². The van der Waals surface area contributed by atoms with Gasteiger partial charge in [-0.25, -0.2) is 4.39 Å². The topological polar surface area (TPSA) is 58.6 Å². The van der Waals surface area contributed by atoms with Crippen LogP contribution in [0.3, 0.4) is 0 Å². The Morgan fingerprint density at radius 2 is 1.77 bits per heavy atom. The van der Waals surface area contributed by atoms with Crippen LogP contribution in [-0.2, 0) is 16.0 Å². The Morgan fingerprint density at radius 1 is 1.08 bits per heavy atom. The maximum Gasteiger partial charge on any atom is 0.226 e. The van der Waals surface area contributed by atoms with Gasteiger partial charge in [0.25, 0.3) is 0 Å². The average molecular weight is 358 g/mol. The second kappa shape index (κ2) is 9.56. The third-order valence-corrected chi connectivity index (χ3v) is 4.04.